The molecule has 1 heterocycles. The molecule has 0 fully saturated rings. The Hall–Kier alpha value is -1.49. The zero-order valence-corrected chi connectivity index (χ0v) is 7.05. The highest BCUT2D eigenvalue weighted by molar-refractivity contribution is 5.66. The van der Waals surface area contributed by atoms with E-state index in [2.05, 4.69) is 9.97 Å². The second-order valence-corrected chi connectivity index (χ2v) is 2.67. The van der Waals surface area contributed by atoms with Gasteiger partial charge >= 0.3 is 5.97 Å². The Morgan fingerprint density at radius 2 is 2.46 bits per heavy atom. The molecule has 0 saturated carbocycles. The standard InChI is InChI=1S/C8H11N3O2/c9-6(1-2-8(12)13)7-3-4-10-5-11-7/h3-6H,1-2,9H2,(H,12,13). The second kappa shape index (κ2) is 4.51. The number of nitrogens with two attached hydrogens (primary N) is 1. The van der Waals surface area contributed by atoms with Gasteiger partial charge in [-0.1, -0.05) is 0 Å². The number of carbonyl (C=O) groups is 1. The van der Waals surface area contributed by atoms with Crippen LogP contribution < -0.4 is 5.73 Å². The third-order valence-corrected chi connectivity index (χ3v) is 1.65. The fraction of sp³-hybridized carbons (Fsp3) is 0.375. The first-order valence-corrected chi connectivity index (χ1v) is 3.93. The third kappa shape index (κ3) is 3.16. The largest absolute Gasteiger partial charge is 0.481 e. The lowest BCUT2D eigenvalue weighted by Gasteiger charge is -2.07. The maximum absolute atomic E-state index is 10.2. The van der Waals surface area contributed by atoms with Gasteiger partial charge in [-0.2, -0.15) is 0 Å². The highest BCUT2D eigenvalue weighted by Crippen LogP contribution is 2.11. The van der Waals surface area contributed by atoms with E-state index in [0.29, 0.717) is 12.1 Å². The molecule has 70 valence electrons. The van der Waals surface area contributed by atoms with E-state index in [1.54, 1.807) is 12.3 Å². The zero-order valence-electron chi connectivity index (χ0n) is 7.05. The molecule has 0 bridgehead atoms. The van der Waals surface area contributed by atoms with E-state index >= 15 is 0 Å². The number of nitrogens with zero attached hydrogens (tertiary/aromatic N) is 2. The van der Waals surface area contributed by atoms with E-state index in [0.717, 1.165) is 0 Å². The molecule has 0 aromatic carbocycles. The summed E-state index contributed by atoms with van der Waals surface area (Å²) < 4.78 is 0. The second-order valence-electron chi connectivity index (χ2n) is 2.67. The Balaban J connectivity index is 2.49. The molecule has 1 aromatic heterocycles. The van der Waals surface area contributed by atoms with Gasteiger partial charge < -0.3 is 10.8 Å². The number of hydrogen-bond donors (Lipinski definition) is 2. The van der Waals surface area contributed by atoms with E-state index in [1.807, 2.05) is 0 Å². The molecule has 0 saturated heterocycles. The molecule has 0 aliphatic carbocycles. The molecule has 0 spiro atoms. The molecule has 0 aliphatic heterocycles. The van der Waals surface area contributed by atoms with Gasteiger partial charge in [-0.15, -0.1) is 0 Å². The number of hydrogen-bond acceptors (Lipinski definition) is 4. The maximum Gasteiger partial charge on any atom is 0.303 e. The first-order chi connectivity index (χ1) is 6.20. The lowest BCUT2D eigenvalue weighted by atomic mass is 10.1. The molecule has 1 rings (SSSR count). The fourth-order valence-electron chi connectivity index (χ4n) is 0.947. The Kier molecular flexibility index (Phi) is 3.33. The molecule has 13 heavy (non-hydrogen) atoms. The average molecular weight is 181 g/mol. The molecule has 0 aliphatic rings. The highest BCUT2D eigenvalue weighted by atomic mass is 16.4. The molecule has 1 unspecified atom stereocenters. The van der Waals surface area contributed by atoms with Crippen molar-refractivity contribution in [3.05, 3.63) is 24.3 Å². The summed E-state index contributed by atoms with van der Waals surface area (Å²) in [7, 11) is 0. The normalized spacial score (nSPS) is 12.4. The summed E-state index contributed by atoms with van der Waals surface area (Å²) >= 11 is 0. The van der Waals surface area contributed by atoms with Crippen LogP contribution in [0, 0.1) is 0 Å². The number of aliphatic carboxylic acids is 1. The van der Waals surface area contributed by atoms with Crippen LogP contribution in [-0.4, -0.2) is 21.0 Å². The van der Waals surface area contributed by atoms with Gasteiger partial charge in [-0.3, -0.25) is 4.79 Å². The molecule has 1 atom stereocenters. The molecular weight excluding hydrogens is 170 g/mol. The van der Waals surface area contributed by atoms with Crippen molar-refractivity contribution >= 4 is 5.97 Å². The van der Waals surface area contributed by atoms with Crippen molar-refractivity contribution in [1.82, 2.24) is 9.97 Å². The summed E-state index contributed by atoms with van der Waals surface area (Å²) in [4.78, 5) is 17.9. The van der Waals surface area contributed by atoms with Crippen molar-refractivity contribution in [2.24, 2.45) is 5.73 Å². The molecular formula is C8H11N3O2. The van der Waals surface area contributed by atoms with Crippen molar-refractivity contribution in [2.45, 2.75) is 18.9 Å². The first-order valence-electron chi connectivity index (χ1n) is 3.93. The van der Waals surface area contributed by atoms with Crippen LogP contribution in [0.25, 0.3) is 0 Å². The fourth-order valence-corrected chi connectivity index (χ4v) is 0.947. The van der Waals surface area contributed by atoms with Crippen LogP contribution in [0.2, 0.25) is 0 Å². The predicted molar refractivity (Wildman–Crippen MR) is 45.8 cm³/mol. The number of carboxylic acid groups (broad SMARTS) is 1. The maximum atomic E-state index is 10.2. The summed E-state index contributed by atoms with van der Waals surface area (Å²) in [5, 5.41) is 8.42. The lowest BCUT2D eigenvalue weighted by Crippen LogP contribution is -2.13. The van der Waals surface area contributed by atoms with E-state index in [1.165, 1.54) is 6.33 Å². The minimum Gasteiger partial charge on any atom is -0.481 e. The van der Waals surface area contributed by atoms with Crippen molar-refractivity contribution in [1.29, 1.82) is 0 Å². The van der Waals surface area contributed by atoms with Crippen molar-refractivity contribution in [3.63, 3.8) is 0 Å². The SMILES string of the molecule is NC(CCC(=O)O)c1ccncn1. The summed E-state index contributed by atoms with van der Waals surface area (Å²) in [6.45, 7) is 0. The van der Waals surface area contributed by atoms with Crippen LogP contribution in [-0.2, 0) is 4.79 Å². The van der Waals surface area contributed by atoms with Crippen LogP contribution in [0.5, 0.6) is 0 Å². The highest BCUT2D eigenvalue weighted by Gasteiger charge is 2.08. The number of aromatic nitrogens is 2. The van der Waals surface area contributed by atoms with E-state index in [-0.39, 0.29) is 12.5 Å². The van der Waals surface area contributed by atoms with Gasteiger partial charge in [-0.05, 0) is 12.5 Å². The molecule has 3 N–H and O–H groups in total. The van der Waals surface area contributed by atoms with Crippen molar-refractivity contribution < 1.29 is 9.90 Å². The quantitative estimate of drug-likeness (QED) is 0.699. The summed E-state index contributed by atoms with van der Waals surface area (Å²) in [6.07, 6.45) is 3.44. The number of carboxylic acids is 1. The van der Waals surface area contributed by atoms with Gasteiger partial charge in [0.25, 0.3) is 0 Å². The summed E-state index contributed by atoms with van der Waals surface area (Å²) in [5.74, 6) is -0.843. The Labute approximate surface area is 75.6 Å². The molecule has 0 amide bonds. The Bertz CT molecular complexity index is 276. The van der Waals surface area contributed by atoms with E-state index < -0.39 is 5.97 Å². The summed E-state index contributed by atoms with van der Waals surface area (Å²) in [6, 6.07) is 1.37. The predicted octanol–water partition coefficient (Wildman–Crippen LogP) is 0.341. The smallest absolute Gasteiger partial charge is 0.303 e. The topological polar surface area (TPSA) is 89.1 Å². The van der Waals surface area contributed by atoms with Crippen LogP contribution >= 0.6 is 0 Å². The van der Waals surface area contributed by atoms with Gasteiger partial charge in [0.2, 0.25) is 0 Å². The van der Waals surface area contributed by atoms with Crippen LogP contribution in [0.3, 0.4) is 0 Å². The minimum atomic E-state index is -0.843. The van der Waals surface area contributed by atoms with Gasteiger partial charge in [0.1, 0.15) is 6.33 Å². The van der Waals surface area contributed by atoms with E-state index in [9.17, 15) is 4.79 Å². The molecule has 5 heteroatoms. The van der Waals surface area contributed by atoms with Crippen LogP contribution in [0.1, 0.15) is 24.6 Å². The van der Waals surface area contributed by atoms with Gasteiger partial charge in [0, 0.05) is 18.7 Å². The van der Waals surface area contributed by atoms with Crippen LogP contribution in [0.4, 0.5) is 0 Å². The van der Waals surface area contributed by atoms with Crippen molar-refractivity contribution in [3.8, 4) is 0 Å². The van der Waals surface area contributed by atoms with Gasteiger partial charge in [0.15, 0.2) is 0 Å². The Morgan fingerprint density at radius 1 is 1.69 bits per heavy atom. The minimum absolute atomic E-state index is 0.0607. The van der Waals surface area contributed by atoms with Crippen LogP contribution in [0.15, 0.2) is 18.6 Å². The van der Waals surface area contributed by atoms with Gasteiger partial charge in [0.05, 0.1) is 5.69 Å². The van der Waals surface area contributed by atoms with Gasteiger partial charge in [-0.25, -0.2) is 9.97 Å². The Morgan fingerprint density at radius 3 is 3.00 bits per heavy atom. The molecule has 1 aromatic rings. The number of rotatable bonds is 4. The average Bonchev–Trinajstić information content (AvgIpc) is 2.15. The monoisotopic (exact) mass is 181 g/mol. The lowest BCUT2D eigenvalue weighted by molar-refractivity contribution is -0.137. The molecule has 5 nitrogen and oxygen atoms in total. The zero-order chi connectivity index (χ0) is 9.68. The molecule has 0 radical (unpaired) electrons. The third-order valence-electron chi connectivity index (χ3n) is 1.65. The summed E-state index contributed by atoms with van der Waals surface area (Å²) in [5.41, 5.74) is 6.37. The first kappa shape index (κ1) is 9.60. The van der Waals surface area contributed by atoms with E-state index in [4.69, 9.17) is 10.8 Å². The van der Waals surface area contributed by atoms with Crippen molar-refractivity contribution in [2.75, 3.05) is 0 Å².